The van der Waals surface area contributed by atoms with Gasteiger partial charge in [-0.05, 0) is 36.1 Å². The third-order valence-electron chi connectivity index (χ3n) is 3.30. The van der Waals surface area contributed by atoms with E-state index in [0.29, 0.717) is 17.7 Å². The first-order chi connectivity index (χ1) is 11.1. The molecule has 1 aromatic carbocycles. The van der Waals surface area contributed by atoms with E-state index in [1.54, 1.807) is 0 Å². The number of likely N-dealkylation sites (N-methyl/N-ethyl adjacent to an activating group) is 1. The minimum Gasteiger partial charge on any atom is -0.352 e. The van der Waals surface area contributed by atoms with Crippen molar-refractivity contribution in [2.75, 3.05) is 19.1 Å². The molecule has 0 aliphatic carbocycles. The normalized spacial score (nSPS) is 12.5. The number of thioether (sulfide) groups is 1. The molecule has 9 heteroatoms. The minimum atomic E-state index is -4.39. The van der Waals surface area contributed by atoms with Crippen LogP contribution in [-0.2, 0) is 17.5 Å². The fourth-order valence-electron chi connectivity index (χ4n) is 2.08. The summed E-state index contributed by atoms with van der Waals surface area (Å²) in [5, 5.41) is 2.40. The van der Waals surface area contributed by atoms with E-state index in [1.165, 1.54) is 35.8 Å². The maximum Gasteiger partial charge on any atom is 0.416 e. The Morgan fingerprint density at radius 1 is 1.29 bits per heavy atom. The van der Waals surface area contributed by atoms with Crippen LogP contribution >= 0.6 is 11.8 Å². The van der Waals surface area contributed by atoms with Crippen LogP contribution in [0.1, 0.15) is 17.5 Å². The zero-order valence-electron chi connectivity index (χ0n) is 13.4. The van der Waals surface area contributed by atoms with Crippen molar-refractivity contribution in [3.63, 3.8) is 0 Å². The molecule has 24 heavy (non-hydrogen) atoms. The van der Waals surface area contributed by atoms with Gasteiger partial charge < -0.3 is 16.0 Å². The largest absolute Gasteiger partial charge is 0.416 e. The Morgan fingerprint density at radius 3 is 2.33 bits per heavy atom. The number of carbonyl (C=O) groups is 2. The zero-order valence-corrected chi connectivity index (χ0v) is 14.2. The van der Waals surface area contributed by atoms with E-state index in [0.717, 1.165) is 12.1 Å². The molecular formula is C15H20F3N3O2S. The third-order valence-corrected chi connectivity index (χ3v) is 3.95. The fourth-order valence-corrected chi connectivity index (χ4v) is 2.55. The summed E-state index contributed by atoms with van der Waals surface area (Å²) in [5.74, 6) is 0.313. The molecule has 0 aliphatic heterocycles. The van der Waals surface area contributed by atoms with Crippen LogP contribution in [0.2, 0.25) is 0 Å². The van der Waals surface area contributed by atoms with E-state index < -0.39 is 23.8 Å². The van der Waals surface area contributed by atoms with Crippen molar-refractivity contribution in [2.24, 2.45) is 5.73 Å². The Labute approximate surface area is 142 Å². The number of urea groups is 1. The fraction of sp³-hybridized carbons (Fsp3) is 0.467. The standard InChI is InChI=1S/C15H20F3N3O2S/c1-21(13(22)12(7-8-24-2)20-14(19)23)9-10-3-5-11(6-4-10)15(16,17)18/h3-6,12H,7-9H2,1-2H3,(H3,19,20,23)/t12-/m0/s1. The van der Waals surface area contributed by atoms with Gasteiger partial charge in [0.1, 0.15) is 6.04 Å². The molecule has 0 radical (unpaired) electrons. The lowest BCUT2D eigenvalue weighted by atomic mass is 10.1. The first kappa shape index (κ1) is 20.1. The summed E-state index contributed by atoms with van der Waals surface area (Å²) in [6.45, 7) is 0.132. The van der Waals surface area contributed by atoms with Crippen molar-refractivity contribution in [3.05, 3.63) is 35.4 Å². The summed E-state index contributed by atoms with van der Waals surface area (Å²) in [6.07, 6.45) is -2.10. The number of amides is 3. The lowest BCUT2D eigenvalue weighted by Gasteiger charge is -2.24. The summed E-state index contributed by atoms with van der Waals surface area (Å²) in [7, 11) is 1.52. The number of nitrogens with zero attached hydrogens (tertiary/aromatic N) is 1. The van der Waals surface area contributed by atoms with Gasteiger partial charge in [0, 0.05) is 13.6 Å². The number of rotatable bonds is 7. The van der Waals surface area contributed by atoms with Crippen molar-refractivity contribution in [1.82, 2.24) is 10.2 Å². The molecule has 0 heterocycles. The van der Waals surface area contributed by atoms with Crippen molar-refractivity contribution >= 4 is 23.7 Å². The summed E-state index contributed by atoms with van der Waals surface area (Å²) < 4.78 is 37.6. The molecule has 0 aromatic heterocycles. The van der Waals surface area contributed by atoms with E-state index in [9.17, 15) is 22.8 Å². The van der Waals surface area contributed by atoms with Gasteiger partial charge in [0.2, 0.25) is 5.91 Å². The van der Waals surface area contributed by atoms with E-state index in [4.69, 9.17) is 5.73 Å². The monoisotopic (exact) mass is 363 g/mol. The topological polar surface area (TPSA) is 75.4 Å². The smallest absolute Gasteiger partial charge is 0.352 e. The quantitative estimate of drug-likeness (QED) is 0.781. The molecule has 0 fully saturated rings. The van der Waals surface area contributed by atoms with Gasteiger partial charge in [0.15, 0.2) is 0 Å². The molecule has 1 aromatic rings. The molecule has 3 N–H and O–H groups in total. The Balaban J connectivity index is 2.74. The van der Waals surface area contributed by atoms with E-state index in [-0.39, 0.29) is 12.5 Å². The predicted octanol–water partition coefficient (Wildman–Crippen LogP) is 2.45. The number of primary amides is 1. The molecule has 0 saturated carbocycles. The molecular weight excluding hydrogens is 343 g/mol. The first-order valence-corrected chi connectivity index (χ1v) is 8.50. The molecule has 0 bridgehead atoms. The predicted molar refractivity (Wildman–Crippen MR) is 87.4 cm³/mol. The number of benzene rings is 1. The molecule has 0 unspecified atom stereocenters. The minimum absolute atomic E-state index is 0.132. The van der Waals surface area contributed by atoms with Crippen LogP contribution in [0.15, 0.2) is 24.3 Å². The van der Waals surface area contributed by atoms with Crippen LogP contribution in [0, 0.1) is 0 Å². The lowest BCUT2D eigenvalue weighted by molar-refractivity contribution is -0.137. The Morgan fingerprint density at radius 2 is 1.88 bits per heavy atom. The highest BCUT2D eigenvalue weighted by Gasteiger charge is 2.30. The van der Waals surface area contributed by atoms with Gasteiger partial charge in [-0.2, -0.15) is 24.9 Å². The molecule has 1 atom stereocenters. The van der Waals surface area contributed by atoms with Gasteiger partial charge in [0.05, 0.1) is 5.56 Å². The second kappa shape index (κ2) is 8.81. The van der Waals surface area contributed by atoms with E-state index in [2.05, 4.69) is 5.32 Å². The molecule has 0 aliphatic rings. The van der Waals surface area contributed by atoms with E-state index >= 15 is 0 Å². The highest BCUT2D eigenvalue weighted by molar-refractivity contribution is 7.98. The van der Waals surface area contributed by atoms with Gasteiger partial charge in [-0.1, -0.05) is 12.1 Å². The number of nitrogens with one attached hydrogen (secondary N) is 1. The Kier molecular flexibility index (Phi) is 7.40. The van der Waals surface area contributed by atoms with Gasteiger partial charge in [-0.3, -0.25) is 4.79 Å². The van der Waals surface area contributed by atoms with Crippen LogP contribution in [0.4, 0.5) is 18.0 Å². The number of halogens is 3. The zero-order chi connectivity index (χ0) is 18.3. The van der Waals surface area contributed by atoms with Crippen molar-refractivity contribution in [3.8, 4) is 0 Å². The van der Waals surface area contributed by atoms with Crippen LogP contribution in [0.3, 0.4) is 0 Å². The van der Waals surface area contributed by atoms with Crippen LogP contribution in [-0.4, -0.2) is 41.9 Å². The van der Waals surface area contributed by atoms with Gasteiger partial charge >= 0.3 is 12.2 Å². The van der Waals surface area contributed by atoms with Crippen LogP contribution < -0.4 is 11.1 Å². The van der Waals surface area contributed by atoms with Crippen molar-refractivity contribution in [2.45, 2.75) is 25.2 Å². The summed E-state index contributed by atoms with van der Waals surface area (Å²) >= 11 is 1.52. The molecule has 3 amide bonds. The Hall–Kier alpha value is -1.90. The van der Waals surface area contributed by atoms with E-state index in [1.807, 2.05) is 6.26 Å². The SMILES string of the molecule is CSCC[C@H](NC(N)=O)C(=O)N(C)Cc1ccc(C(F)(F)F)cc1. The van der Waals surface area contributed by atoms with Gasteiger partial charge in [0.25, 0.3) is 0 Å². The lowest BCUT2D eigenvalue weighted by Crippen LogP contribution is -2.49. The summed E-state index contributed by atoms with van der Waals surface area (Å²) in [6, 6.07) is 3.05. The molecule has 5 nitrogen and oxygen atoms in total. The highest BCUT2D eigenvalue weighted by Crippen LogP contribution is 2.29. The second-order valence-corrected chi connectivity index (χ2v) is 6.22. The molecule has 134 valence electrons. The average molecular weight is 363 g/mol. The second-order valence-electron chi connectivity index (χ2n) is 5.23. The van der Waals surface area contributed by atoms with Crippen LogP contribution in [0.25, 0.3) is 0 Å². The maximum absolute atomic E-state index is 12.5. The van der Waals surface area contributed by atoms with Crippen LogP contribution in [0.5, 0.6) is 0 Å². The number of alkyl halides is 3. The molecule has 0 spiro atoms. The van der Waals surface area contributed by atoms with Gasteiger partial charge in [-0.15, -0.1) is 0 Å². The number of nitrogens with two attached hydrogens (primary N) is 1. The Bertz CT molecular complexity index is 564. The van der Waals surface area contributed by atoms with Crippen molar-refractivity contribution < 1.29 is 22.8 Å². The maximum atomic E-state index is 12.5. The summed E-state index contributed by atoms with van der Waals surface area (Å²) in [4.78, 5) is 24.7. The first-order valence-electron chi connectivity index (χ1n) is 7.11. The van der Waals surface area contributed by atoms with Gasteiger partial charge in [-0.25, -0.2) is 4.79 Å². The average Bonchev–Trinajstić information content (AvgIpc) is 2.50. The number of hydrogen-bond donors (Lipinski definition) is 2. The third kappa shape index (κ3) is 6.31. The van der Waals surface area contributed by atoms with Crippen molar-refractivity contribution in [1.29, 1.82) is 0 Å². The number of carbonyl (C=O) groups excluding carboxylic acids is 2. The molecule has 1 rings (SSSR count). The summed E-state index contributed by atoms with van der Waals surface area (Å²) in [5.41, 5.74) is 4.89. The number of hydrogen-bond acceptors (Lipinski definition) is 3. The highest BCUT2D eigenvalue weighted by atomic mass is 32.2. The molecule has 0 saturated heterocycles.